The predicted molar refractivity (Wildman–Crippen MR) is 267 cm³/mol. The normalized spacial score (nSPS) is 14.4. The maximum Gasteiger partial charge on any atom is 0.0732 e. The molecule has 0 amide bonds. The molecule has 13 rings (SSSR count). The lowest BCUT2D eigenvalue weighted by atomic mass is 9.68. The average molecular weight is 818 g/mol. The fourth-order valence-electron chi connectivity index (χ4n) is 10.8. The fourth-order valence-corrected chi connectivity index (χ4v) is 12.1. The maximum absolute atomic E-state index is 2.45. The zero-order valence-corrected chi connectivity index (χ0v) is 35.2. The highest BCUT2D eigenvalue weighted by Crippen LogP contribution is 2.66. The summed E-state index contributed by atoms with van der Waals surface area (Å²) in [6.07, 6.45) is 0. The van der Waals surface area contributed by atoms with Crippen LogP contribution in [0.3, 0.4) is 0 Å². The molecule has 10 aromatic carbocycles. The van der Waals surface area contributed by atoms with Crippen LogP contribution in [0.15, 0.2) is 237 Å². The molecule has 0 N–H and O–H groups in total. The number of thiophene rings is 1. The van der Waals surface area contributed by atoms with Crippen LogP contribution in [-0.4, -0.2) is 0 Å². The topological polar surface area (TPSA) is 3.24 Å². The van der Waals surface area contributed by atoms with E-state index < -0.39 is 5.41 Å². The molecule has 2 aliphatic rings. The molecule has 1 heterocycles. The van der Waals surface area contributed by atoms with Crippen molar-refractivity contribution in [1.29, 1.82) is 0 Å². The van der Waals surface area contributed by atoms with E-state index in [0.717, 1.165) is 17.1 Å². The Hall–Kier alpha value is -7.78. The van der Waals surface area contributed by atoms with E-state index in [1.54, 1.807) is 0 Å². The Morgan fingerprint density at radius 2 is 0.778 bits per heavy atom. The molecule has 63 heavy (non-hydrogen) atoms. The van der Waals surface area contributed by atoms with Crippen LogP contribution in [-0.2, 0) is 5.41 Å². The fraction of sp³-hybridized carbons (Fsp3) is 0.0164. The van der Waals surface area contributed by atoms with Crippen molar-refractivity contribution in [2.45, 2.75) is 5.41 Å². The lowest BCUT2D eigenvalue weighted by molar-refractivity contribution is 0.796. The first kappa shape index (κ1) is 35.9. The molecule has 1 aromatic heterocycles. The quantitative estimate of drug-likeness (QED) is 0.162. The first-order valence-corrected chi connectivity index (χ1v) is 22.6. The van der Waals surface area contributed by atoms with Gasteiger partial charge in [0, 0.05) is 42.8 Å². The van der Waals surface area contributed by atoms with E-state index in [0.29, 0.717) is 0 Å². The van der Waals surface area contributed by atoms with Gasteiger partial charge in [-0.1, -0.05) is 194 Å². The van der Waals surface area contributed by atoms with E-state index in [-0.39, 0.29) is 0 Å². The molecule has 11 aromatic rings. The molecule has 1 atom stereocenters. The molecule has 2 aliphatic carbocycles. The highest BCUT2D eigenvalue weighted by molar-refractivity contribution is 7.26. The second-order valence-corrected chi connectivity index (χ2v) is 17.8. The van der Waals surface area contributed by atoms with Crippen molar-refractivity contribution in [2.24, 2.45) is 0 Å². The van der Waals surface area contributed by atoms with Crippen molar-refractivity contribution in [3.05, 3.63) is 259 Å². The van der Waals surface area contributed by atoms with Gasteiger partial charge in [0.2, 0.25) is 0 Å². The van der Waals surface area contributed by atoms with Crippen molar-refractivity contribution in [3.8, 4) is 55.6 Å². The highest BCUT2D eigenvalue weighted by atomic mass is 32.1. The van der Waals surface area contributed by atoms with Gasteiger partial charge in [-0.2, -0.15) is 0 Å². The molecule has 0 aliphatic heterocycles. The number of fused-ring (bicyclic) bond motifs is 14. The number of rotatable bonds is 6. The van der Waals surface area contributed by atoms with Crippen molar-refractivity contribution >= 4 is 48.6 Å². The summed E-state index contributed by atoms with van der Waals surface area (Å²) in [6.45, 7) is 0. The molecule has 294 valence electrons. The molecular formula is C61H39NS. The van der Waals surface area contributed by atoms with Crippen molar-refractivity contribution < 1.29 is 0 Å². The Labute approximate surface area is 371 Å². The summed E-state index contributed by atoms with van der Waals surface area (Å²) in [7, 11) is 0. The minimum absolute atomic E-state index is 0.468. The summed E-state index contributed by atoms with van der Waals surface area (Å²) in [5, 5.41) is 2.67. The lowest BCUT2D eigenvalue weighted by Gasteiger charge is -2.32. The number of nitrogens with zero attached hydrogens (tertiary/aromatic N) is 1. The van der Waals surface area contributed by atoms with Gasteiger partial charge in [-0.15, -0.1) is 11.3 Å². The van der Waals surface area contributed by atoms with Crippen LogP contribution in [0.1, 0.15) is 22.3 Å². The van der Waals surface area contributed by atoms with Crippen LogP contribution < -0.4 is 4.90 Å². The van der Waals surface area contributed by atoms with Gasteiger partial charge >= 0.3 is 0 Å². The number of benzene rings is 10. The Kier molecular flexibility index (Phi) is 8.06. The van der Waals surface area contributed by atoms with E-state index in [1.165, 1.54) is 98.1 Å². The zero-order chi connectivity index (χ0) is 41.5. The summed E-state index contributed by atoms with van der Waals surface area (Å²) in [5.41, 5.74) is 21.0. The van der Waals surface area contributed by atoms with Crippen LogP contribution in [0.4, 0.5) is 17.1 Å². The first-order chi connectivity index (χ1) is 31.3. The molecule has 0 saturated heterocycles. The zero-order valence-electron chi connectivity index (χ0n) is 34.4. The van der Waals surface area contributed by atoms with Gasteiger partial charge in [0.1, 0.15) is 0 Å². The molecule has 2 heteroatoms. The molecule has 1 spiro atoms. The van der Waals surface area contributed by atoms with Crippen LogP contribution in [0.5, 0.6) is 0 Å². The monoisotopic (exact) mass is 817 g/mol. The summed E-state index contributed by atoms with van der Waals surface area (Å²) in [5.74, 6) is 0. The number of hydrogen-bond donors (Lipinski definition) is 0. The SMILES string of the molecule is c1ccc(-c2ccc(N(c3ccc(-c4ccccc4)cc3)c3ccc(-c4cccc5c4C4(c6ccccc6-5)c5ccccc5-c5c4ccc4c5sc5ccccc54)cc3)cc2)cc1. The smallest absolute Gasteiger partial charge is 0.0732 e. The lowest BCUT2D eigenvalue weighted by Crippen LogP contribution is -2.26. The maximum atomic E-state index is 2.45. The van der Waals surface area contributed by atoms with E-state index >= 15 is 0 Å². The molecule has 1 unspecified atom stereocenters. The molecule has 0 bridgehead atoms. The van der Waals surface area contributed by atoms with Gasteiger partial charge in [0.25, 0.3) is 0 Å². The van der Waals surface area contributed by atoms with Crippen LogP contribution in [0.2, 0.25) is 0 Å². The van der Waals surface area contributed by atoms with E-state index in [2.05, 4.69) is 241 Å². The summed E-state index contributed by atoms with van der Waals surface area (Å²) in [4.78, 5) is 2.37. The predicted octanol–water partition coefficient (Wildman–Crippen LogP) is 16.9. The Morgan fingerprint density at radius 3 is 1.41 bits per heavy atom. The van der Waals surface area contributed by atoms with Crippen molar-refractivity contribution in [1.82, 2.24) is 0 Å². The molecular weight excluding hydrogens is 779 g/mol. The van der Waals surface area contributed by atoms with Gasteiger partial charge in [0.05, 0.1) is 5.41 Å². The van der Waals surface area contributed by atoms with Gasteiger partial charge in [-0.3, -0.25) is 0 Å². The van der Waals surface area contributed by atoms with E-state index in [4.69, 9.17) is 0 Å². The molecule has 0 radical (unpaired) electrons. The first-order valence-electron chi connectivity index (χ1n) is 21.8. The van der Waals surface area contributed by atoms with Gasteiger partial charge in [0.15, 0.2) is 0 Å². The standard InChI is InChI=1S/C61H39NS/c1-3-14-40(15-4-1)42-26-32-45(33-27-42)62(46-34-28-43(29-35-46)41-16-5-2-6-17-41)47-36-30-44(31-37-47)48-21-13-22-51-49-18-7-10-23-54(49)61(59(48)51)55-24-11-8-20-53(55)58-56(61)39-38-52-50-19-9-12-25-57(50)63-60(52)58/h1-39H. The van der Waals surface area contributed by atoms with Crippen LogP contribution in [0.25, 0.3) is 75.8 Å². The second-order valence-electron chi connectivity index (χ2n) is 16.7. The van der Waals surface area contributed by atoms with Crippen molar-refractivity contribution in [2.75, 3.05) is 4.90 Å². The van der Waals surface area contributed by atoms with Crippen molar-refractivity contribution in [3.63, 3.8) is 0 Å². The number of anilines is 3. The molecule has 0 saturated carbocycles. The Bertz CT molecular complexity index is 3450. The van der Waals surface area contributed by atoms with Crippen LogP contribution in [0, 0.1) is 0 Å². The van der Waals surface area contributed by atoms with Gasteiger partial charge < -0.3 is 4.90 Å². The van der Waals surface area contributed by atoms with E-state index in [9.17, 15) is 0 Å². The minimum Gasteiger partial charge on any atom is -0.311 e. The third kappa shape index (κ3) is 5.35. The highest BCUT2D eigenvalue weighted by Gasteiger charge is 2.53. The average Bonchev–Trinajstić information content (AvgIpc) is 4.00. The second kappa shape index (κ2) is 14.1. The van der Waals surface area contributed by atoms with Gasteiger partial charge in [-0.05, 0) is 115 Å². The summed E-state index contributed by atoms with van der Waals surface area (Å²) in [6, 6.07) is 87.4. The molecule has 0 fully saturated rings. The Balaban J connectivity index is 0.977. The third-order valence-corrected chi connectivity index (χ3v) is 14.7. The third-order valence-electron chi connectivity index (χ3n) is 13.5. The molecule has 1 nitrogen and oxygen atoms in total. The van der Waals surface area contributed by atoms with Gasteiger partial charge in [-0.25, -0.2) is 0 Å². The van der Waals surface area contributed by atoms with E-state index in [1.807, 2.05) is 11.3 Å². The summed E-state index contributed by atoms with van der Waals surface area (Å²) < 4.78 is 2.71. The largest absolute Gasteiger partial charge is 0.311 e. The van der Waals surface area contributed by atoms with Crippen LogP contribution >= 0.6 is 11.3 Å². The minimum atomic E-state index is -0.468. The number of hydrogen-bond acceptors (Lipinski definition) is 2. The Morgan fingerprint density at radius 1 is 0.302 bits per heavy atom. The summed E-state index contributed by atoms with van der Waals surface area (Å²) >= 11 is 1.93.